The Hall–Kier alpha value is -6.72. The van der Waals surface area contributed by atoms with E-state index in [-0.39, 0.29) is 0 Å². The molecule has 0 amide bonds. The van der Waals surface area contributed by atoms with Crippen molar-refractivity contribution in [3.8, 4) is 45.2 Å². The molecule has 0 aliphatic carbocycles. The van der Waals surface area contributed by atoms with E-state index in [1.807, 2.05) is 24.4 Å². The molecule has 228 valence electrons. The van der Waals surface area contributed by atoms with Crippen LogP contribution >= 0.6 is 0 Å². The summed E-state index contributed by atoms with van der Waals surface area (Å²) in [7, 11) is 0. The first-order valence-electron chi connectivity index (χ1n) is 16.4. The van der Waals surface area contributed by atoms with Crippen LogP contribution in [0.3, 0.4) is 0 Å². The van der Waals surface area contributed by atoms with E-state index in [1.54, 1.807) is 0 Å². The smallest absolute Gasteiger partial charge is 0.165 e. The SMILES string of the molecule is c1ccc2cc(-c3cc(-c4ccc(-c5nc6c(nc7ccccn76)c6ccccc56)cc4)nc(-c4ccc5ccccc5c4)n3)ccc2c1. The van der Waals surface area contributed by atoms with Gasteiger partial charge in [-0.15, -0.1) is 0 Å². The van der Waals surface area contributed by atoms with Gasteiger partial charge >= 0.3 is 0 Å². The highest BCUT2D eigenvalue weighted by atomic mass is 15.1. The number of aromatic nitrogens is 5. The van der Waals surface area contributed by atoms with E-state index in [0.717, 1.165) is 72.3 Å². The van der Waals surface area contributed by atoms with E-state index < -0.39 is 0 Å². The van der Waals surface area contributed by atoms with Crippen molar-refractivity contribution in [3.05, 3.63) is 164 Å². The summed E-state index contributed by atoms with van der Waals surface area (Å²) in [5, 5.41) is 6.90. The van der Waals surface area contributed by atoms with E-state index in [0.29, 0.717) is 5.82 Å². The lowest BCUT2D eigenvalue weighted by atomic mass is 10.00. The zero-order valence-corrected chi connectivity index (χ0v) is 26.3. The van der Waals surface area contributed by atoms with Crippen LogP contribution in [0.2, 0.25) is 0 Å². The Kier molecular flexibility index (Phi) is 6.11. The average Bonchev–Trinajstić information content (AvgIpc) is 3.56. The predicted octanol–water partition coefficient (Wildman–Crippen LogP) is 10.8. The first-order chi connectivity index (χ1) is 24.2. The van der Waals surface area contributed by atoms with Crippen molar-refractivity contribution in [3.63, 3.8) is 0 Å². The lowest BCUT2D eigenvalue weighted by molar-refractivity contribution is 1.18. The van der Waals surface area contributed by atoms with Gasteiger partial charge in [0.15, 0.2) is 11.5 Å². The zero-order chi connectivity index (χ0) is 32.3. The van der Waals surface area contributed by atoms with Gasteiger partial charge in [0.1, 0.15) is 11.2 Å². The number of benzene rings is 6. The van der Waals surface area contributed by atoms with E-state index in [2.05, 4.69) is 144 Å². The number of pyridine rings is 2. The van der Waals surface area contributed by atoms with Crippen LogP contribution in [-0.4, -0.2) is 24.3 Å². The van der Waals surface area contributed by atoms with Crippen molar-refractivity contribution in [2.24, 2.45) is 0 Å². The van der Waals surface area contributed by atoms with Crippen molar-refractivity contribution in [2.45, 2.75) is 0 Å². The van der Waals surface area contributed by atoms with Crippen LogP contribution in [-0.2, 0) is 0 Å². The third-order valence-electron chi connectivity index (χ3n) is 9.39. The maximum absolute atomic E-state index is 5.20. The van der Waals surface area contributed by atoms with Crippen molar-refractivity contribution in [1.29, 1.82) is 0 Å². The predicted molar refractivity (Wildman–Crippen MR) is 200 cm³/mol. The highest BCUT2D eigenvalue weighted by Crippen LogP contribution is 2.35. The quantitative estimate of drug-likeness (QED) is 0.195. The Bertz CT molecular complexity index is 2790. The van der Waals surface area contributed by atoms with Crippen LogP contribution in [0.25, 0.3) is 94.3 Å². The summed E-state index contributed by atoms with van der Waals surface area (Å²) in [5.41, 5.74) is 9.40. The molecule has 0 aliphatic heterocycles. The molecule has 4 aromatic heterocycles. The normalized spacial score (nSPS) is 11.7. The standard InChI is InChI=1S/C44H27N5/c1-3-11-32-25-34(22-16-28(32)9-1)39-27-38(45-43(46-39)35-23-17-29-10-2-4-12-33(29)26-35)30-18-20-31(21-19-30)41-36-13-5-6-14-37(36)42-44(48-41)49-24-8-7-15-40(49)47-42/h1-27H. The van der Waals surface area contributed by atoms with Gasteiger partial charge in [0.2, 0.25) is 0 Å². The molecule has 0 saturated carbocycles. The maximum Gasteiger partial charge on any atom is 0.165 e. The second kappa shape index (κ2) is 10.9. The first-order valence-corrected chi connectivity index (χ1v) is 16.4. The maximum atomic E-state index is 5.20. The van der Waals surface area contributed by atoms with Crippen molar-refractivity contribution in [1.82, 2.24) is 24.3 Å². The Balaban J connectivity index is 1.12. The number of hydrogen-bond donors (Lipinski definition) is 0. The Morgan fingerprint density at radius 1 is 0.388 bits per heavy atom. The van der Waals surface area contributed by atoms with Crippen molar-refractivity contribution in [2.75, 3.05) is 0 Å². The van der Waals surface area contributed by atoms with Gasteiger partial charge in [0.05, 0.1) is 17.1 Å². The van der Waals surface area contributed by atoms with Crippen LogP contribution < -0.4 is 0 Å². The molecular formula is C44H27N5. The lowest BCUT2D eigenvalue weighted by Crippen LogP contribution is -1.96. The van der Waals surface area contributed by atoms with E-state index in [9.17, 15) is 0 Å². The van der Waals surface area contributed by atoms with Crippen LogP contribution in [0.15, 0.2) is 164 Å². The van der Waals surface area contributed by atoms with Gasteiger partial charge in [-0.25, -0.2) is 19.9 Å². The van der Waals surface area contributed by atoms with Gasteiger partial charge in [-0.2, -0.15) is 0 Å². The third kappa shape index (κ3) is 4.63. The molecule has 5 nitrogen and oxygen atoms in total. The fourth-order valence-corrected chi connectivity index (χ4v) is 6.90. The summed E-state index contributed by atoms with van der Waals surface area (Å²) in [6.45, 7) is 0. The van der Waals surface area contributed by atoms with Crippen LogP contribution in [0.5, 0.6) is 0 Å². The van der Waals surface area contributed by atoms with Gasteiger partial charge in [0, 0.05) is 39.2 Å². The summed E-state index contributed by atoms with van der Waals surface area (Å²) in [6, 6.07) is 54.9. The number of rotatable bonds is 4. The molecular weight excluding hydrogens is 599 g/mol. The number of fused-ring (bicyclic) bond motifs is 7. The number of nitrogens with zero attached hydrogens (tertiary/aromatic N) is 5. The second-order valence-electron chi connectivity index (χ2n) is 12.4. The summed E-state index contributed by atoms with van der Waals surface area (Å²) in [6.07, 6.45) is 2.02. The molecule has 0 bridgehead atoms. The van der Waals surface area contributed by atoms with E-state index >= 15 is 0 Å². The van der Waals surface area contributed by atoms with Gasteiger partial charge in [-0.05, 0) is 51.9 Å². The zero-order valence-electron chi connectivity index (χ0n) is 26.3. The highest BCUT2D eigenvalue weighted by molar-refractivity contribution is 6.09. The largest absolute Gasteiger partial charge is 0.284 e. The van der Waals surface area contributed by atoms with Crippen molar-refractivity contribution < 1.29 is 0 Å². The molecule has 10 rings (SSSR count). The first kappa shape index (κ1) is 27.4. The van der Waals surface area contributed by atoms with Gasteiger partial charge < -0.3 is 0 Å². The molecule has 0 spiro atoms. The second-order valence-corrected chi connectivity index (χ2v) is 12.4. The van der Waals surface area contributed by atoms with Gasteiger partial charge in [-0.3, -0.25) is 4.40 Å². The fraction of sp³-hybridized carbons (Fsp3) is 0. The average molecular weight is 626 g/mol. The molecule has 10 aromatic rings. The fourth-order valence-electron chi connectivity index (χ4n) is 6.90. The van der Waals surface area contributed by atoms with Crippen LogP contribution in [0, 0.1) is 0 Å². The van der Waals surface area contributed by atoms with Crippen molar-refractivity contribution >= 4 is 49.1 Å². The topological polar surface area (TPSA) is 56.0 Å². The Morgan fingerprint density at radius 2 is 0.959 bits per heavy atom. The summed E-state index contributed by atoms with van der Waals surface area (Å²) >= 11 is 0. The number of hydrogen-bond acceptors (Lipinski definition) is 4. The molecule has 6 aromatic carbocycles. The van der Waals surface area contributed by atoms with Gasteiger partial charge in [0.25, 0.3) is 0 Å². The molecule has 4 heterocycles. The molecule has 0 fully saturated rings. The van der Waals surface area contributed by atoms with Crippen LogP contribution in [0.4, 0.5) is 0 Å². The van der Waals surface area contributed by atoms with E-state index in [1.165, 1.54) is 16.2 Å². The van der Waals surface area contributed by atoms with E-state index in [4.69, 9.17) is 19.9 Å². The monoisotopic (exact) mass is 625 g/mol. The Morgan fingerprint density at radius 3 is 1.71 bits per heavy atom. The molecule has 0 saturated heterocycles. The Labute approximate surface area is 281 Å². The summed E-state index contributed by atoms with van der Waals surface area (Å²) in [4.78, 5) is 20.4. The molecule has 0 aliphatic rings. The molecule has 0 atom stereocenters. The third-order valence-corrected chi connectivity index (χ3v) is 9.39. The highest BCUT2D eigenvalue weighted by Gasteiger charge is 2.16. The minimum Gasteiger partial charge on any atom is -0.284 e. The molecule has 5 heteroatoms. The van der Waals surface area contributed by atoms with Crippen LogP contribution in [0.1, 0.15) is 0 Å². The van der Waals surface area contributed by atoms with Gasteiger partial charge in [-0.1, -0.05) is 127 Å². The lowest BCUT2D eigenvalue weighted by Gasteiger charge is -2.12. The molecule has 0 N–H and O–H groups in total. The molecule has 49 heavy (non-hydrogen) atoms. The minimum absolute atomic E-state index is 0.696. The molecule has 0 radical (unpaired) electrons. The summed E-state index contributed by atoms with van der Waals surface area (Å²) < 4.78 is 2.06. The summed E-state index contributed by atoms with van der Waals surface area (Å²) in [5.74, 6) is 0.696. The number of imidazole rings is 1. The molecule has 0 unspecified atom stereocenters. The minimum atomic E-state index is 0.696.